The summed E-state index contributed by atoms with van der Waals surface area (Å²) in [6, 6.07) is 7.68. The third-order valence-electron chi connectivity index (χ3n) is 5.09. The minimum absolute atomic E-state index is 0.0159. The lowest BCUT2D eigenvalue weighted by Crippen LogP contribution is -2.57. The van der Waals surface area contributed by atoms with Crippen LogP contribution in [0.5, 0.6) is 0 Å². The highest BCUT2D eigenvalue weighted by molar-refractivity contribution is 6.30. The molecule has 1 aliphatic carbocycles. The molecule has 6 heteroatoms. The fraction of sp³-hybridized carbons (Fsp3) is 0.619. The minimum atomic E-state index is -0.560. The van der Waals surface area contributed by atoms with Gasteiger partial charge in [-0.3, -0.25) is 4.79 Å². The zero-order valence-electron chi connectivity index (χ0n) is 17.1. The van der Waals surface area contributed by atoms with Gasteiger partial charge < -0.3 is 15.4 Å². The Balaban J connectivity index is 1.95. The number of hydrogen-bond acceptors (Lipinski definition) is 3. The van der Waals surface area contributed by atoms with Gasteiger partial charge in [-0.05, 0) is 63.6 Å². The number of amides is 2. The summed E-state index contributed by atoms with van der Waals surface area (Å²) in [5, 5.41) is 6.62. The van der Waals surface area contributed by atoms with Crippen LogP contribution in [0.4, 0.5) is 4.79 Å². The molecule has 1 saturated carbocycles. The maximum Gasteiger partial charge on any atom is 0.407 e. The van der Waals surface area contributed by atoms with Crippen molar-refractivity contribution >= 4 is 23.6 Å². The Labute approximate surface area is 167 Å². The number of hydrogen-bond donors (Lipinski definition) is 2. The largest absolute Gasteiger partial charge is 0.444 e. The first-order chi connectivity index (χ1) is 12.4. The number of carbonyl (C=O) groups excluding carboxylic acids is 2. The molecule has 1 aliphatic rings. The van der Waals surface area contributed by atoms with Gasteiger partial charge in [-0.25, -0.2) is 4.79 Å². The quantitative estimate of drug-likeness (QED) is 0.746. The van der Waals surface area contributed by atoms with Crippen molar-refractivity contribution in [3.63, 3.8) is 0 Å². The van der Waals surface area contributed by atoms with Crippen LogP contribution in [0.15, 0.2) is 24.3 Å². The highest BCUT2D eigenvalue weighted by atomic mass is 35.5. The second-order valence-corrected chi connectivity index (χ2v) is 9.36. The van der Waals surface area contributed by atoms with E-state index in [0.717, 1.165) is 12.0 Å². The van der Waals surface area contributed by atoms with Crippen molar-refractivity contribution in [2.75, 3.05) is 6.54 Å². The number of rotatable bonds is 6. The molecule has 0 saturated heterocycles. The number of halogens is 1. The first-order valence-electron chi connectivity index (χ1n) is 9.45. The number of alkyl carbamates (subject to hydrolysis) is 1. The SMILES string of the molecule is CC(C)C(C)(CNC(=O)OC(C)(C)C)NC(=O)C1CC1c1cccc(Cl)c1. The average Bonchev–Trinajstić information content (AvgIpc) is 3.32. The molecular weight excluding hydrogens is 364 g/mol. The van der Waals surface area contributed by atoms with E-state index in [0.29, 0.717) is 11.6 Å². The van der Waals surface area contributed by atoms with E-state index in [1.807, 2.05) is 65.8 Å². The maximum atomic E-state index is 12.8. The van der Waals surface area contributed by atoms with Gasteiger partial charge in [-0.2, -0.15) is 0 Å². The maximum absolute atomic E-state index is 12.8. The molecule has 2 N–H and O–H groups in total. The van der Waals surface area contributed by atoms with Crippen molar-refractivity contribution in [3.05, 3.63) is 34.9 Å². The van der Waals surface area contributed by atoms with Crippen LogP contribution in [0, 0.1) is 11.8 Å². The topological polar surface area (TPSA) is 67.4 Å². The molecule has 3 atom stereocenters. The Kier molecular flexibility index (Phi) is 6.46. The Morgan fingerprint density at radius 2 is 1.93 bits per heavy atom. The number of benzene rings is 1. The van der Waals surface area contributed by atoms with E-state index >= 15 is 0 Å². The van der Waals surface area contributed by atoms with Gasteiger partial charge in [-0.1, -0.05) is 37.6 Å². The molecule has 0 radical (unpaired) electrons. The van der Waals surface area contributed by atoms with Crippen LogP contribution >= 0.6 is 11.6 Å². The summed E-state index contributed by atoms with van der Waals surface area (Å²) >= 11 is 6.06. The van der Waals surface area contributed by atoms with E-state index in [2.05, 4.69) is 10.6 Å². The third-order valence-corrected chi connectivity index (χ3v) is 5.32. The van der Waals surface area contributed by atoms with Crippen molar-refractivity contribution in [3.8, 4) is 0 Å². The van der Waals surface area contributed by atoms with Crippen LogP contribution in [-0.4, -0.2) is 29.7 Å². The molecule has 2 amide bonds. The van der Waals surface area contributed by atoms with E-state index in [4.69, 9.17) is 16.3 Å². The van der Waals surface area contributed by atoms with Crippen molar-refractivity contribution in [2.45, 2.75) is 65.0 Å². The number of carbonyl (C=O) groups is 2. The van der Waals surface area contributed by atoms with E-state index in [9.17, 15) is 9.59 Å². The molecule has 0 bridgehead atoms. The van der Waals surface area contributed by atoms with Gasteiger partial charge in [-0.15, -0.1) is 0 Å². The fourth-order valence-corrected chi connectivity index (χ4v) is 3.13. The predicted octanol–water partition coefficient (Wildman–Crippen LogP) is 4.50. The van der Waals surface area contributed by atoms with Crippen LogP contribution < -0.4 is 10.6 Å². The first-order valence-corrected chi connectivity index (χ1v) is 9.83. The van der Waals surface area contributed by atoms with E-state index in [-0.39, 0.29) is 23.7 Å². The van der Waals surface area contributed by atoms with Crippen LogP contribution in [-0.2, 0) is 9.53 Å². The van der Waals surface area contributed by atoms with Crippen molar-refractivity contribution in [2.24, 2.45) is 11.8 Å². The first kappa shape index (κ1) is 21.5. The Hall–Kier alpha value is -1.75. The molecule has 27 heavy (non-hydrogen) atoms. The van der Waals surface area contributed by atoms with Crippen LogP contribution in [0.2, 0.25) is 5.02 Å². The molecule has 150 valence electrons. The summed E-state index contributed by atoms with van der Waals surface area (Å²) in [7, 11) is 0. The van der Waals surface area contributed by atoms with Crippen LogP contribution in [0.1, 0.15) is 59.4 Å². The molecule has 0 aliphatic heterocycles. The fourth-order valence-electron chi connectivity index (χ4n) is 2.93. The van der Waals surface area contributed by atoms with Crippen molar-refractivity contribution in [1.82, 2.24) is 10.6 Å². The highest BCUT2D eigenvalue weighted by Gasteiger charge is 2.46. The molecule has 0 spiro atoms. The molecule has 0 aromatic heterocycles. The molecule has 1 fully saturated rings. The summed E-state index contributed by atoms with van der Waals surface area (Å²) in [5.41, 5.74) is -0.0179. The highest BCUT2D eigenvalue weighted by Crippen LogP contribution is 2.48. The average molecular weight is 395 g/mol. The summed E-state index contributed by atoms with van der Waals surface area (Å²) in [6.45, 7) is 11.8. The van der Waals surface area contributed by atoms with Crippen LogP contribution in [0.3, 0.4) is 0 Å². The second-order valence-electron chi connectivity index (χ2n) is 8.92. The Morgan fingerprint density at radius 3 is 2.48 bits per heavy atom. The lowest BCUT2D eigenvalue weighted by Gasteiger charge is -2.35. The molecule has 0 heterocycles. The number of nitrogens with one attached hydrogen (secondary N) is 2. The normalized spacial score (nSPS) is 21.3. The van der Waals surface area contributed by atoms with Gasteiger partial charge in [0.2, 0.25) is 5.91 Å². The van der Waals surface area contributed by atoms with Crippen molar-refractivity contribution in [1.29, 1.82) is 0 Å². The van der Waals surface area contributed by atoms with E-state index in [1.54, 1.807) is 0 Å². The predicted molar refractivity (Wildman–Crippen MR) is 108 cm³/mol. The Bertz CT molecular complexity index is 699. The minimum Gasteiger partial charge on any atom is -0.444 e. The summed E-state index contributed by atoms with van der Waals surface area (Å²) in [4.78, 5) is 24.7. The Morgan fingerprint density at radius 1 is 1.26 bits per heavy atom. The van der Waals surface area contributed by atoms with Crippen molar-refractivity contribution < 1.29 is 14.3 Å². The molecule has 1 aromatic carbocycles. The standard InChI is InChI=1S/C21H31ClN2O3/c1-13(2)21(6,12-23-19(26)27-20(3,4)5)24-18(25)17-11-16(17)14-8-7-9-15(22)10-14/h7-10,13,16-17H,11-12H2,1-6H3,(H,23,26)(H,24,25). The zero-order chi connectivity index (χ0) is 20.4. The molecule has 1 aromatic rings. The van der Waals surface area contributed by atoms with Crippen LogP contribution in [0.25, 0.3) is 0 Å². The van der Waals surface area contributed by atoms with Gasteiger partial charge in [0.25, 0.3) is 0 Å². The zero-order valence-corrected chi connectivity index (χ0v) is 17.8. The smallest absolute Gasteiger partial charge is 0.407 e. The monoisotopic (exact) mass is 394 g/mol. The van der Waals surface area contributed by atoms with Gasteiger partial charge in [0.05, 0.1) is 5.54 Å². The second kappa shape index (κ2) is 8.09. The van der Waals surface area contributed by atoms with Gasteiger partial charge in [0, 0.05) is 17.5 Å². The summed E-state index contributed by atoms with van der Waals surface area (Å²) in [5.74, 6) is 0.309. The summed E-state index contributed by atoms with van der Waals surface area (Å²) in [6.07, 6.45) is 0.340. The third kappa shape index (κ3) is 6.13. The lowest BCUT2D eigenvalue weighted by atomic mass is 9.88. The van der Waals surface area contributed by atoms with Gasteiger partial charge in [0.1, 0.15) is 5.60 Å². The summed E-state index contributed by atoms with van der Waals surface area (Å²) < 4.78 is 5.29. The molecule has 2 rings (SSSR count). The van der Waals surface area contributed by atoms with Gasteiger partial charge in [0.15, 0.2) is 0 Å². The molecule has 5 nitrogen and oxygen atoms in total. The molecular formula is C21H31ClN2O3. The lowest BCUT2D eigenvalue weighted by molar-refractivity contribution is -0.124. The van der Waals surface area contributed by atoms with E-state index < -0.39 is 17.2 Å². The molecule has 3 unspecified atom stereocenters. The van der Waals surface area contributed by atoms with Gasteiger partial charge >= 0.3 is 6.09 Å². The number of ether oxygens (including phenoxy) is 1. The van der Waals surface area contributed by atoms with E-state index in [1.165, 1.54) is 0 Å².